The van der Waals surface area contributed by atoms with Gasteiger partial charge in [0.05, 0.1) is 21.3 Å². The van der Waals surface area contributed by atoms with Crippen LogP contribution in [0.25, 0.3) is 0 Å². The van der Waals surface area contributed by atoms with Crippen LogP contribution >= 0.6 is 0 Å². The van der Waals surface area contributed by atoms with Crippen LogP contribution in [0.1, 0.15) is 42.5 Å². The van der Waals surface area contributed by atoms with Gasteiger partial charge in [-0.05, 0) is 13.3 Å². The van der Waals surface area contributed by atoms with Crippen molar-refractivity contribution < 1.29 is 19.0 Å². The fraction of sp³-hybridized carbons (Fsp3) is 0.450. The molecule has 2 aromatic rings. The number of carbonyl (C=O) groups is 1. The summed E-state index contributed by atoms with van der Waals surface area (Å²) in [5, 5.41) is 6.06. The molecule has 0 fully saturated rings. The Bertz CT molecular complexity index is 786. The number of ether oxygens (including phenoxy) is 3. The molecule has 0 saturated heterocycles. The number of unbranched alkanes of at least 4 members (excludes halogenated alkanes) is 2. The number of hydrogen-bond acceptors (Lipinski definition) is 7. The summed E-state index contributed by atoms with van der Waals surface area (Å²) in [5.74, 6) is 2.32. The van der Waals surface area contributed by atoms with Gasteiger partial charge in [-0.25, -0.2) is 9.97 Å². The lowest BCUT2D eigenvalue weighted by molar-refractivity contribution is 0.0947. The Labute approximate surface area is 165 Å². The zero-order chi connectivity index (χ0) is 20.5. The first kappa shape index (κ1) is 21.3. The van der Waals surface area contributed by atoms with Gasteiger partial charge in [0.25, 0.3) is 5.91 Å². The highest BCUT2D eigenvalue weighted by molar-refractivity contribution is 5.93. The van der Waals surface area contributed by atoms with E-state index in [0.717, 1.165) is 19.3 Å². The summed E-state index contributed by atoms with van der Waals surface area (Å²) in [7, 11) is 4.65. The molecule has 28 heavy (non-hydrogen) atoms. The lowest BCUT2D eigenvalue weighted by Crippen LogP contribution is -2.25. The first-order valence-electron chi connectivity index (χ1n) is 9.23. The van der Waals surface area contributed by atoms with E-state index >= 15 is 0 Å². The fourth-order valence-electron chi connectivity index (χ4n) is 2.72. The normalized spacial score (nSPS) is 10.3. The van der Waals surface area contributed by atoms with Crippen LogP contribution < -0.4 is 24.8 Å². The number of rotatable bonds is 10. The van der Waals surface area contributed by atoms with Gasteiger partial charge >= 0.3 is 0 Å². The van der Waals surface area contributed by atoms with E-state index in [4.69, 9.17) is 14.2 Å². The molecule has 0 radical (unpaired) electrons. The van der Waals surface area contributed by atoms with Crippen LogP contribution in [-0.4, -0.2) is 43.7 Å². The number of benzene rings is 1. The Morgan fingerprint density at radius 1 is 1.00 bits per heavy atom. The fourth-order valence-corrected chi connectivity index (χ4v) is 2.72. The quantitative estimate of drug-likeness (QED) is 0.602. The van der Waals surface area contributed by atoms with Gasteiger partial charge in [0.2, 0.25) is 5.75 Å². The van der Waals surface area contributed by atoms with E-state index in [1.54, 1.807) is 46.5 Å². The average Bonchev–Trinajstić information content (AvgIpc) is 2.69. The highest BCUT2D eigenvalue weighted by Crippen LogP contribution is 2.40. The average molecular weight is 388 g/mol. The van der Waals surface area contributed by atoms with Gasteiger partial charge in [-0.3, -0.25) is 4.79 Å². The van der Waals surface area contributed by atoms with Gasteiger partial charge in [0, 0.05) is 30.4 Å². The number of hydrogen-bond donors (Lipinski definition) is 2. The molecule has 0 aliphatic rings. The van der Waals surface area contributed by atoms with Crippen molar-refractivity contribution in [1.82, 2.24) is 15.3 Å². The van der Waals surface area contributed by atoms with Crippen molar-refractivity contribution in [3.63, 3.8) is 0 Å². The SMILES string of the molecule is CCCCCNC(=O)c1cc(Nc2cc(OC)c(OC)c(OC)c2)nc(C)n1. The maximum Gasteiger partial charge on any atom is 0.270 e. The molecule has 8 nitrogen and oxygen atoms in total. The van der Waals surface area contributed by atoms with Crippen molar-refractivity contribution in [2.45, 2.75) is 33.1 Å². The van der Waals surface area contributed by atoms with E-state index in [1.807, 2.05) is 0 Å². The highest BCUT2D eigenvalue weighted by atomic mass is 16.5. The molecule has 2 N–H and O–H groups in total. The second-order valence-corrected chi connectivity index (χ2v) is 6.19. The topological polar surface area (TPSA) is 94.6 Å². The van der Waals surface area contributed by atoms with Gasteiger partial charge in [0.15, 0.2) is 11.5 Å². The zero-order valence-corrected chi connectivity index (χ0v) is 17.1. The van der Waals surface area contributed by atoms with Crippen molar-refractivity contribution in [2.24, 2.45) is 0 Å². The lowest BCUT2D eigenvalue weighted by atomic mass is 10.2. The summed E-state index contributed by atoms with van der Waals surface area (Å²) in [6, 6.07) is 5.15. The van der Waals surface area contributed by atoms with Crippen molar-refractivity contribution in [3.05, 3.63) is 29.7 Å². The minimum absolute atomic E-state index is 0.213. The first-order chi connectivity index (χ1) is 13.5. The van der Waals surface area contributed by atoms with Gasteiger partial charge in [-0.15, -0.1) is 0 Å². The van der Waals surface area contributed by atoms with E-state index in [0.29, 0.717) is 46.8 Å². The van der Waals surface area contributed by atoms with Crippen LogP contribution in [0.4, 0.5) is 11.5 Å². The number of nitrogens with zero attached hydrogens (tertiary/aromatic N) is 2. The number of nitrogens with one attached hydrogen (secondary N) is 2. The van der Waals surface area contributed by atoms with Crippen LogP contribution in [0.15, 0.2) is 18.2 Å². The van der Waals surface area contributed by atoms with E-state index in [2.05, 4.69) is 27.5 Å². The van der Waals surface area contributed by atoms with Crippen LogP contribution in [0.5, 0.6) is 17.2 Å². The van der Waals surface area contributed by atoms with Crippen LogP contribution in [-0.2, 0) is 0 Å². The molecule has 1 amide bonds. The summed E-state index contributed by atoms with van der Waals surface area (Å²) in [5.41, 5.74) is 1.00. The van der Waals surface area contributed by atoms with Crippen molar-refractivity contribution in [1.29, 1.82) is 0 Å². The van der Waals surface area contributed by atoms with Gasteiger partial charge < -0.3 is 24.8 Å². The van der Waals surface area contributed by atoms with Crippen molar-refractivity contribution >= 4 is 17.4 Å². The van der Waals surface area contributed by atoms with E-state index < -0.39 is 0 Å². The minimum Gasteiger partial charge on any atom is -0.493 e. The molecular weight excluding hydrogens is 360 g/mol. The highest BCUT2D eigenvalue weighted by Gasteiger charge is 2.15. The molecule has 1 heterocycles. The Morgan fingerprint density at radius 2 is 1.68 bits per heavy atom. The van der Waals surface area contributed by atoms with E-state index in [1.165, 1.54) is 0 Å². The number of amides is 1. The lowest BCUT2D eigenvalue weighted by Gasteiger charge is -2.15. The van der Waals surface area contributed by atoms with E-state index in [9.17, 15) is 4.79 Å². The predicted molar refractivity (Wildman–Crippen MR) is 108 cm³/mol. The Balaban J connectivity index is 2.22. The van der Waals surface area contributed by atoms with Crippen molar-refractivity contribution in [3.8, 4) is 17.2 Å². The first-order valence-corrected chi connectivity index (χ1v) is 9.23. The largest absolute Gasteiger partial charge is 0.493 e. The number of aromatic nitrogens is 2. The number of methoxy groups -OCH3 is 3. The standard InChI is InChI=1S/C20H28N4O4/c1-6-7-8-9-21-20(25)15-12-18(23-13(2)22-15)24-14-10-16(26-3)19(28-5)17(11-14)27-4/h10-12H,6-9H2,1-5H3,(H,21,25)(H,22,23,24). The molecule has 8 heteroatoms. The van der Waals surface area contributed by atoms with Gasteiger partial charge in [-0.2, -0.15) is 0 Å². The second kappa shape index (κ2) is 10.3. The zero-order valence-electron chi connectivity index (χ0n) is 17.1. The van der Waals surface area contributed by atoms with Gasteiger partial charge in [-0.1, -0.05) is 19.8 Å². The summed E-state index contributed by atoms with van der Waals surface area (Å²) in [6.07, 6.45) is 3.13. The monoisotopic (exact) mass is 388 g/mol. The molecule has 0 spiro atoms. The van der Waals surface area contributed by atoms with Crippen LogP contribution in [0.2, 0.25) is 0 Å². The minimum atomic E-state index is -0.213. The molecular formula is C20H28N4O4. The Kier molecular flexibility index (Phi) is 7.86. The smallest absolute Gasteiger partial charge is 0.270 e. The summed E-state index contributed by atoms with van der Waals surface area (Å²) in [6.45, 7) is 4.50. The molecule has 0 saturated carbocycles. The number of anilines is 2. The number of aryl methyl sites for hydroxylation is 1. The van der Waals surface area contributed by atoms with Crippen molar-refractivity contribution in [2.75, 3.05) is 33.2 Å². The molecule has 0 bridgehead atoms. The summed E-state index contributed by atoms with van der Waals surface area (Å²) < 4.78 is 16.1. The molecule has 1 aromatic carbocycles. The molecule has 2 rings (SSSR count). The molecule has 0 aliphatic heterocycles. The molecule has 1 aromatic heterocycles. The third-order valence-electron chi connectivity index (χ3n) is 4.07. The predicted octanol–water partition coefficient (Wildman–Crippen LogP) is 3.47. The molecule has 152 valence electrons. The molecule has 0 atom stereocenters. The third-order valence-corrected chi connectivity index (χ3v) is 4.07. The van der Waals surface area contributed by atoms with Crippen LogP contribution in [0, 0.1) is 6.92 Å². The molecule has 0 unspecified atom stereocenters. The maximum atomic E-state index is 12.4. The summed E-state index contributed by atoms with van der Waals surface area (Å²) >= 11 is 0. The Morgan fingerprint density at radius 3 is 2.25 bits per heavy atom. The van der Waals surface area contributed by atoms with Gasteiger partial charge in [0.1, 0.15) is 17.3 Å². The van der Waals surface area contributed by atoms with E-state index in [-0.39, 0.29) is 5.91 Å². The molecule has 0 aliphatic carbocycles. The number of carbonyl (C=O) groups excluding carboxylic acids is 1. The Hall–Kier alpha value is -3.03. The third kappa shape index (κ3) is 5.48. The van der Waals surface area contributed by atoms with Crippen LogP contribution in [0.3, 0.4) is 0 Å². The summed E-state index contributed by atoms with van der Waals surface area (Å²) in [4.78, 5) is 21.0. The second-order valence-electron chi connectivity index (χ2n) is 6.19. The maximum absolute atomic E-state index is 12.4.